The van der Waals surface area contributed by atoms with E-state index >= 15 is 0 Å². The van der Waals surface area contributed by atoms with Gasteiger partial charge in [-0.15, -0.1) is 0 Å². The van der Waals surface area contributed by atoms with Crippen LogP contribution in [-0.2, 0) is 10.6 Å². The van der Waals surface area contributed by atoms with Crippen molar-refractivity contribution in [3.63, 3.8) is 0 Å². The third-order valence-electron chi connectivity index (χ3n) is 3.99. The maximum Gasteiger partial charge on any atom is 0.207 e. The van der Waals surface area contributed by atoms with Crippen LogP contribution in [0.2, 0.25) is 0 Å². The Morgan fingerprint density at radius 3 is 2.96 bits per heavy atom. The highest BCUT2D eigenvalue weighted by atomic mass is 16.6. The second-order valence-electron chi connectivity index (χ2n) is 5.53. The van der Waals surface area contributed by atoms with E-state index in [1.54, 1.807) is 4.57 Å². The summed E-state index contributed by atoms with van der Waals surface area (Å²) in [6.07, 6.45) is 5.19. The molecule has 3 atom stereocenters. The number of anilines is 1. The van der Waals surface area contributed by atoms with E-state index in [0.29, 0.717) is 24.3 Å². The number of aromatic nitrogens is 4. The molecule has 3 rings (SSSR count). The molecule has 1 aliphatic heterocycles. The second kappa shape index (κ2) is 6.79. The molecular formula is C14H21N7O3. The molecule has 0 saturated carbocycles. The molecule has 0 radical (unpaired) electrons. The number of nitrogens with zero attached hydrogens (tertiary/aromatic N) is 4. The fourth-order valence-corrected chi connectivity index (χ4v) is 2.82. The molecule has 10 nitrogen and oxygen atoms in total. The SMILES string of the molecule is NCC=CCN[C@]1(n2cnc3c(N)ncnc32)C[C@H](O)[C@@H](CO)O1. The summed E-state index contributed by atoms with van der Waals surface area (Å²) in [7, 11) is 0. The zero-order valence-corrected chi connectivity index (χ0v) is 13.0. The van der Waals surface area contributed by atoms with Crippen LogP contribution in [0.15, 0.2) is 24.8 Å². The molecule has 10 heteroatoms. The normalized spacial score (nSPS) is 27.5. The van der Waals surface area contributed by atoms with E-state index in [2.05, 4.69) is 20.3 Å². The minimum atomic E-state index is -1.11. The molecule has 2 aromatic rings. The predicted molar refractivity (Wildman–Crippen MR) is 86.5 cm³/mol. The Labute approximate surface area is 138 Å². The molecule has 0 spiro atoms. The van der Waals surface area contributed by atoms with Gasteiger partial charge in [-0.3, -0.25) is 9.88 Å². The van der Waals surface area contributed by atoms with Crippen LogP contribution in [0.4, 0.5) is 5.82 Å². The Morgan fingerprint density at radius 1 is 1.42 bits per heavy atom. The Bertz CT molecular complexity index is 734. The van der Waals surface area contributed by atoms with Gasteiger partial charge in [-0.2, -0.15) is 0 Å². The fourth-order valence-electron chi connectivity index (χ4n) is 2.82. The average molecular weight is 335 g/mol. The number of rotatable bonds is 6. The third-order valence-corrected chi connectivity index (χ3v) is 3.99. The van der Waals surface area contributed by atoms with E-state index in [1.165, 1.54) is 12.7 Å². The predicted octanol–water partition coefficient (Wildman–Crippen LogP) is -1.73. The van der Waals surface area contributed by atoms with Gasteiger partial charge in [-0.1, -0.05) is 12.2 Å². The van der Waals surface area contributed by atoms with E-state index in [4.69, 9.17) is 16.2 Å². The van der Waals surface area contributed by atoms with E-state index in [1.807, 2.05) is 12.2 Å². The summed E-state index contributed by atoms with van der Waals surface area (Å²) in [4.78, 5) is 12.4. The zero-order valence-electron chi connectivity index (χ0n) is 13.0. The van der Waals surface area contributed by atoms with E-state index < -0.39 is 18.1 Å². The van der Waals surface area contributed by atoms with Crippen LogP contribution >= 0.6 is 0 Å². The molecule has 24 heavy (non-hydrogen) atoms. The number of hydrogen-bond acceptors (Lipinski definition) is 9. The Morgan fingerprint density at radius 2 is 2.25 bits per heavy atom. The lowest BCUT2D eigenvalue weighted by Crippen LogP contribution is -2.48. The van der Waals surface area contributed by atoms with Crippen molar-refractivity contribution in [3.05, 3.63) is 24.8 Å². The maximum atomic E-state index is 10.2. The fraction of sp³-hybridized carbons (Fsp3) is 0.500. The van der Waals surface area contributed by atoms with Gasteiger partial charge in [0.05, 0.1) is 12.7 Å². The summed E-state index contributed by atoms with van der Waals surface area (Å²) in [5.41, 5.74) is 12.2. The van der Waals surface area contributed by atoms with Gasteiger partial charge in [-0.25, -0.2) is 15.0 Å². The largest absolute Gasteiger partial charge is 0.394 e. The lowest BCUT2D eigenvalue weighted by molar-refractivity contribution is -0.133. The van der Waals surface area contributed by atoms with Gasteiger partial charge >= 0.3 is 0 Å². The number of aliphatic hydroxyl groups excluding tert-OH is 2. The number of fused-ring (bicyclic) bond motifs is 1. The number of hydrogen-bond donors (Lipinski definition) is 5. The van der Waals surface area contributed by atoms with Crippen LogP contribution in [-0.4, -0.2) is 61.6 Å². The molecule has 1 fully saturated rings. The van der Waals surface area contributed by atoms with Gasteiger partial charge in [0.15, 0.2) is 11.5 Å². The Hall–Kier alpha value is -2.11. The van der Waals surface area contributed by atoms with Crippen molar-refractivity contribution in [1.82, 2.24) is 24.8 Å². The standard InChI is InChI=1S/C14H21N7O3/c15-3-1-2-4-20-14(5-9(23)10(6-22)24-14)21-8-19-11-12(16)17-7-18-13(11)21/h1-2,7-10,20,22-23H,3-6,15H2,(H2,16,17,18)/t9-,10+,14-/m0/s1. The van der Waals surface area contributed by atoms with Gasteiger partial charge in [0.1, 0.15) is 24.3 Å². The summed E-state index contributed by atoms with van der Waals surface area (Å²) in [5, 5.41) is 22.8. The zero-order chi connectivity index (χ0) is 17.2. The van der Waals surface area contributed by atoms with Crippen molar-refractivity contribution in [1.29, 1.82) is 0 Å². The smallest absolute Gasteiger partial charge is 0.207 e. The number of nitrogens with one attached hydrogen (secondary N) is 1. The lowest BCUT2D eigenvalue weighted by atomic mass is 10.1. The highest BCUT2D eigenvalue weighted by Crippen LogP contribution is 2.35. The van der Waals surface area contributed by atoms with Crippen LogP contribution in [0.25, 0.3) is 11.2 Å². The third kappa shape index (κ3) is 2.85. The first-order chi connectivity index (χ1) is 11.6. The lowest BCUT2D eigenvalue weighted by Gasteiger charge is -2.31. The van der Waals surface area contributed by atoms with Gasteiger partial charge in [0, 0.05) is 19.5 Å². The van der Waals surface area contributed by atoms with Crippen molar-refractivity contribution in [2.45, 2.75) is 24.5 Å². The first kappa shape index (κ1) is 16.7. The quantitative estimate of drug-likeness (QED) is 0.387. The molecule has 3 heterocycles. The van der Waals surface area contributed by atoms with Crippen molar-refractivity contribution in [2.75, 3.05) is 25.4 Å². The number of imidazole rings is 1. The molecule has 0 aromatic carbocycles. The molecule has 0 amide bonds. The van der Waals surface area contributed by atoms with Crippen LogP contribution in [0.3, 0.4) is 0 Å². The number of ether oxygens (including phenoxy) is 1. The molecule has 2 aromatic heterocycles. The molecule has 0 unspecified atom stereocenters. The second-order valence-corrected chi connectivity index (χ2v) is 5.53. The Balaban J connectivity index is 2.00. The minimum Gasteiger partial charge on any atom is -0.394 e. The van der Waals surface area contributed by atoms with Crippen LogP contribution in [0, 0.1) is 0 Å². The number of nitrogen functional groups attached to an aromatic ring is 1. The number of nitrogens with two attached hydrogens (primary N) is 2. The maximum absolute atomic E-state index is 10.2. The summed E-state index contributed by atoms with van der Waals surface area (Å²) < 4.78 is 7.59. The summed E-state index contributed by atoms with van der Waals surface area (Å²) in [6, 6.07) is 0. The van der Waals surface area contributed by atoms with Crippen molar-refractivity contribution in [3.8, 4) is 0 Å². The average Bonchev–Trinajstić information content (AvgIpc) is 3.14. The minimum absolute atomic E-state index is 0.212. The number of aliphatic hydroxyl groups is 2. The van der Waals surface area contributed by atoms with Crippen LogP contribution in [0.1, 0.15) is 6.42 Å². The van der Waals surface area contributed by atoms with Gasteiger partial charge in [-0.05, 0) is 0 Å². The first-order valence-electron chi connectivity index (χ1n) is 7.62. The first-order valence-corrected chi connectivity index (χ1v) is 7.62. The van der Waals surface area contributed by atoms with E-state index in [-0.39, 0.29) is 18.8 Å². The van der Waals surface area contributed by atoms with Crippen molar-refractivity contribution < 1.29 is 14.9 Å². The molecule has 1 saturated heterocycles. The molecule has 0 aliphatic carbocycles. The Kier molecular flexibility index (Phi) is 4.73. The molecule has 130 valence electrons. The molecular weight excluding hydrogens is 314 g/mol. The summed E-state index contributed by atoms with van der Waals surface area (Å²) >= 11 is 0. The monoisotopic (exact) mass is 335 g/mol. The van der Waals surface area contributed by atoms with E-state index in [0.717, 1.165) is 0 Å². The van der Waals surface area contributed by atoms with Gasteiger partial charge in [0.25, 0.3) is 0 Å². The van der Waals surface area contributed by atoms with Gasteiger partial charge in [0.2, 0.25) is 5.85 Å². The van der Waals surface area contributed by atoms with Crippen molar-refractivity contribution >= 4 is 17.0 Å². The molecule has 0 bridgehead atoms. The highest BCUT2D eigenvalue weighted by Gasteiger charge is 2.47. The molecule has 1 aliphatic rings. The van der Waals surface area contributed by atoms with Crippen LogP contribution in [0.5, 0.6) is 0 Å². The molecule has 7 N–H and O–H groups in total. The van der Waals surface area contributed by atoms with Gasteiger partial charge < -0.3 is 26.4 Å². The van der Waals surface area contributed by atoms with Crippen molar-refractivity contribution in [2.24, 2.45) is 5.73 Å². The highest BCUT2D eigenvalue weighted by molar-refractivity contribution is 5.81. The summed E-state index contributed by atoms with van der Waals surface area (Å²) in [6.45, 7) is 0.574. The topological polar surface area (TPSA) is 157 Å². The van der Waals surface area contributed by atoms with E-state index in [9.17, 15) is 10.2 Å². The summed E-state index contributed by atoms with van der Waals surface area (Å²) in [5.74, 6) is -0.851. The van der Waals surface area contributed by atoms with Crippen LogP contribution < -0.4 is 16.8 Å².